The second-order valence-electron chi connectivity index (χ2n) is 5.35. The van der Waals surface area contributed by atoms with Gasteiger partial charge >= 0.3 is 0 Å². The summed E-state index contributed by atoms with van der Waals surface area (Å²) in [5.74, 6) is 1.64. The monoisotopic (exact) mass is 340 g/mol. The molecular weight excluding hydrogens is 328 g/mol. The molecule has 0 fully saturated rings. The highest BCUT2D eigenvalue weighted by atomic mass is 35.5. The maximum Gasteiger partial charge on any atom is 0.262 e. The predicted octanol–water partition coefficient (Wildman–Crippen LogP) is 2.81. The van der Waals surface area contributed by atoms with Crippen LogP contribution < -0.4 is 10.3 Å². The molecule has 4 aromatic rings. The first-order valence-electron chi connectivity index (χ1n) is 7.36. The van der Waals surface area contributed by atoms with Gasteiger partial charge in [0.1, 0.15) is 12.4 Å². The van der Waals surface area contributed by atoms with Crippen LogP contribution in [0.15, 0.2) is 53.3 Å². The summed E-state index contributed by atoms with van der Waals surface area (Å²) < 4.78 is 9.07. The zero-order valence-electron chi connectivity index (χ0n) is 12.8. The van der Waals surface area contributed by atoms with E-state index in [1.807, 2.05) is 34.7 Å². The Morgan fingerprint density at radius 3 is 2.67 bits per heavy atom. The predicted molar refractivity (Wildman–Crippen MR) is 91.5 cm³/mol. The van der Waals surface area contributed by atoms with Crippen LogP contribution in [0.2, 0.25) is 5.02 Å². The molecule has 0 N–H and O–H groups in total. The topological polar surface area (TPSA) is 61.4 Å². The van der Waals surface area contributed by atoms with Gasteiger partial charge in [0.15, 0.2) is 5.82 Å². The number of hydrogen-bond donors (Lipinski definition) is 0. The first-order valence-corrected chi connectivity index (χ1v) is 7.73. The molecule has 7 heteroatoms. The van der Waals surface area contributed by atoms with Gasteiger partial charge in [-0.3, -0.25) is 13.8 Å². The molecule has 0 atom stereocenters. The largest absolute Gasteiger partial charge is 0.484 e. The summed E-state index contributed by atoms with van der Waals surface area (Å²) in [6, 6.07) is 14.6. The van der Waals surface area contributed by atoms with Gasteiger partial charge in [-0.15, -0.1) is 10.2 Å². The minimum Gasteiger partial charge on any atom is -0.484 e. The van der Waals surface area contributed by atoms with Crippen LogP contribution in [0.4, 0.5) is 0 Å². The molecule has 2 aromatic heterocycles. The van der Waals surface area contributed by atoms with Crippen LogP contribution in [-0.2, 0) is 13.7 Å². The van der Waals surface area contributed by atoms with Crippen LogP contribution in [0.5, 0.6) is 5.75 Å². The van der Waals surface area contributed by atoms with Gasteiger partial charge in [0.05, 0.1) is 15.9 Å². The molecule has 6 nitrogen and oxygen atoms in total. The van der Waals surface area contributed by atoms with Crippen molar-refractivity contribution in [2.24, 2.45) is 7.05 Å². The molecule has 2 heterocycles. The van der Waals surface area contributed by atoms with Crippen molar-refractivity contribution >= 4 is 28.3 Å². The Labute approximate surface area is 141 Å². The van der Waals surface area contributed by atoms with Gasteiger partial charge in [0.2, 0.25) is 5.78 Å². The average Bonchev–Trinajstić information content (AvgIpc) is 3.03. The fraction of sp³-hybridized carbons (Fsp3) is 0.118. The highest BCUT2D eigenvalue weighted by Crippen LogP contribution is 2.24. The summed E-state index contributed by atoms with van der Waals surface area (Å²) in [5, 5.41) is 9.44. The number of aryl methyl sites for hydroxylation is 1. The molecule has 120 valence electrons. The molecule has 0 spiro atoms. The van der Waals surface area contributed by atoms with Gasteiger partial charge in [-0.25, -0.2) is 0 Å². The Bertz CT molecular complexity index is 1120. The van der Waals surface area contributed by atoms with Gasteiger partial charge in [-0.2, -0.15) is 0 Å². The maximum atomic E-state index is 12.4. The molecule has 0 radical (unpaired) electrons. The fourth-order valence-electron chi connectivity index (χ4n) is 2.69. The average molecular weight is 341 g/mol. The Kier molecular flexibility index (Phi) is 3.46. The Morgan fingerprint density at radius 2 is 1.83 bits per heavy atom. The van der Waals surface area contributed by atoms with Crippen molar-refractivity contribution in [1.82, 2.24) is 19.2 Å². The van der Waals surface area contributed by atoms with Crippen molar-refractivity contribution in [2.45, 2.75) is 6.61 Å². The van der Waals surface area contributed by atoms with Gasteiger partial charge in [0.25, 0.3) is 5.56 Å². The second-order valence-corrected chi connectivity index (χ2v) is 5.76. The van der Waals surface area contributed by atoms with Crippen molar-refractivity contribution in [3.8, 4) is 5.75 Å². The molecular formula is C17H13ClN4O2. The smallest absolute Gasteiger partial charge is 0.262 e. The van der Waals surface area contributed by atoms with Gasteiger partial charge in [0, 0.05) is 7.05 Å². The van der Waals surface area contributed by atoms with Crippen molar-refractivity contribution in [3.05, 3.63) is 69.7 Å². The van der Waals surface area contributed by atoms with Crippen LogP contribution in [0.3, 0.4) is 0 Å². The zero-order chi connectivity index (χ0) is 16.7. The number of rotatable bonds is 3. The summed E-state index contributed by atoms with van der Waals surface area (Å²) in [6.45, 7) is 0.188. The van der Waals surface area contributed by atoms with E-state index in [-0.39, 0.29) is 12.2 Å². The van der Waals surface area contributed by atoms with Gasteiger partial charge in [-0.1, -0.05) is 35.9 Å². The zero-order valence-corrected chi connectivity index (χ0v) is 13.6. The lowest BCUT2D eigenvalue weighted by Crippen LogP contribution is -2.20. The van der Waals surface area contributed by atoms with E-state index < -0.39 is 0 Å². The van der Waals surface area contributed by atoms with E-state index in [9.17, 15) is 4.79 Å². The molecule has 0 bridgehead atoms. The number of hydrogen-bond acceptors (Lipinski definition) is 4. The Morgan fingerprint density at radius 1 is 1.08 bits per heavy atom. The quantitative estimate of drug-likeness (QED) is 0.575. The summed E-state index contributed by atoms with van der Waals surface area (Å²) in [7, 11) is 1.68. The van der Waals surface area contributed by atoms with Crippen LogP contribution in [-0.4, -0.2) is 19.2 Å². The molecule has 0 aliphatic rings. The lowest BCUT2D eigenvalue weighted by Gasteiger charge is -2.09. The summed E-state index contributed by atoms with van der Waals surface area (Å²) in [6.07, 6.45) is 0. The molecule has 4 rings (SSSR count). The molecule has 0 aliphatic heterocycles. The molecule has 24 heavy (non-hydrogen) atoms. The molecule has 0 saturated heterocycles. The third kappa shape index (κ3) is 2.23. The number of para-hydroxylation sites is 2. The highest BCUT2D eigenvalue weighted by molar-refractivity contribution is 6.32. The SMILES string of the molecule is Cn1c(=O)c2ccccc2n2c(COc3ccccc3Cl)nnc12. The Hall–Kier alpha value is -2.86. The van der Waals surface area contributed by atoms with Crippen molar-refractivity contribution in [2.75, 3.05) is 0 Å². The first-order chi connectivity index (χ1) is 11.7. The van der Waals surface area contributed by atoms with Crippen molar-refractivity contribution in [3.63, 3.8) is 0 Å². The molecule has 2 aromatic carbocycles. The Balaban J connectivity index is 1.85. The molecule has 0 amide bonds. The van der Waals surface area contributed by atoms with Crippen LogP contribution in [0.25, 0.3) is 16.7 Å². The summed E-state index contributed by atoms with van der Waals surface area (Å²) in [4.78, 5) is 12.4. The standard InChI is InChI=1S/C17H13ClN4O2/c1-21-16(23)11-6-2-4-8-13(11)22-15(19-20-17(21)22)10-24-14-9-5-3-7-12(14)18/h2-9H,10H2,1H3. The van der Waals surface area contributed by atoms with Crippen LogP contribution in [0, 0.1) is 0 Å². The van der Waals surface area contributed by atoms with Crippen molar-refractivity contribution < 1.29 is 4.74 Å². The normalized spacial score (nSPS) is 11.2. The third-order valence-corrected chi connectivity index (χ3v) is 4.20. The van der Waals surface area contributed by atoms with Crippen LogP contribution >= 0.6 is 11.6 Å². The lowest BCUT2D eigenvalue weighted by atomic mass is 10.2. The number of benzene rings is 2. The van der Waals surface area contributed by atoms with E-state index >= 15 is 0 Å². The number of aromatic nitrogens is 4. The van der Waals surface area contributed by atoms with Crippen molar-refractivity contribution in [1.29, 1.82) is 0 Å². The number of fused-ring (bicyclic) bond motifs is 3. The van der Waals surface area contributed by atoms with E-state index in [0.717, 1.165) is 5.52 Å². The second kappa shape index (κ2) is 5.65. The van der Waals surface area contributed by atoms with E-state index in [1.165, 1.54) is 4.57 Å². The number of halogens is 1. The number of ether oxygens (including phenoxy) is 1. The maximum absolute atomic E-state index is 12.4. The summed E-state index contributed by atoms with van der Waals surface area (Å²) in [5.41, 5.74) is 0.641. The highest BCUT2D eigenvalue weighted by Gasteiger charge is 2.15. The molecule has 0 unspecified atom stereocenters. The summed E-state index contributed by atoms with van der Waals surface area (Å²) >= 11 is 6.11. The van der Waals surface area contributed by atoms with E-state index in [0.29, 0.717) is 27.8 Å². The van der Waals surface area contributed by atoms with Gasteiger partial charge in [-0.05, 0) is 24.3 Å². The minimum atomic E-state index is -0.107. The first kappa shape index (κ1) is 14.7. The van der Waals surface area contributed by atoms with Crippen LogP contribution in [0.1, 0.15) is 5.82 Å². The van der Waals surface area contributed by atoms with E-state index in [4.69, 9.17) is 16.3 Å². The van der Waals surface area contributed by atoms with E-state index in [2.05, 4.69) is 10.2 Å². The third-order valence-electron chi connectivity index (χ3n) is 3.89. The number of nitrogens with zero attached hydrogens (tertiary/aromatic N) is 4. The molecule has 0 saturated carbocycles. The molecule has 0 aliphatic carbocycles. The lowest BCUT2D eigenvalue weighted by molar-refractivity contribution is 0.295. The minimum absolute atomic E-state index is 0.107. The van der Waals surface area contributed by atoms with E-state index in [1.54, 1.807) is 25.2 Å². The van der Waals surface area contributed by atoms with Gasteiger partial charge < -0.3 is 4.74 Å². The fourth-order valence-corrected chi connectivity index (χ4v) is 2.88.